The number of carboxylic acid groups (broad SMARTS) is 1. The molecule has 0 aliphatic carbocycles. The summed E-state index contributed by atoms with van der Waals surface area (Å²) >= 11 is 0. The summed E-state index contributed by atoms with van der Waals surface area (Å²) in [7, 11) is 0. The Hall–Kier alpha value is -3.22. The minimum atomic E-state index is -1.45. The molecule has 25 heavy (non-hydrogen) atoms. The van der Waals surface area contributed by atoms with E-state index in [0.29, 0.717) is 0 Å². The molecule has 0 aliphatic rings. The van der Waals surface area contributed by atoms with E-state index < -0.39 is 40.4 Å². The molecule has 1 heterocycles. The number of pyridine rings is 1. The molecule has 0 saturated heterocycles. The van der Waals surface area contributed by atoms with E-state index in [2.05, 4.69) is 4.98 Å². The van der Waals surface area contributed by atoms with Crippen LogP contribution in [0.15, 0.2) is 48.7 Å². The fourth-order valence-corrected chi connectivity index (χ4v) is 2.50. The summed E-state index contributed by atoms with van der Waals surface area (Å²) in [4.78, 5) is 15.4. The van der Waals surface area contributed by atoms with Crippen molar-refractivity contribution in [3.63, 3.8) is 0 Å². The van der Waals surface area contributed by atoms with Crippen LogP contribution >= 0.6 is 0 Å². The van der Waals surface area contributed by atoms with Crippen molar-refractivity contribution < 1.29 is 27.5 Å². The first-order chi connectivity index (χ1) is 11.9. The van der Waals surface area contributed by atoms with Crippen molar-refractivity contribution in [2.45, 2.75) is 0 Å². The number of aromatic nitrogens is 1. The van der Waals surface area contributed by atoms with Crippen LogP contribution in [-0.4, -0.2) is 16.1 Å². The molecule has 3 nitrogen and oxygen atoms in total. The highest BCUT2D eigenvalue weighted by Crippen LogP contribution is 2.36. The molecule has 0 fully saturated rings. The number of nitrogens with zero attached hydrogens (tertiary/aromatic N) is 1. The fraction of sp³-hybridized carbons (Fsp3) is 0. The van der Waals surface area contributed by atoms with Gasteiger partial charge in [0.15, 0.2) is 23.3 Å². The number of benzene rings is 2. The highest BCUT2D eigenvalue weighted by Gasteiger charge is 2.24. The highest BCUT2D eigenvalue weighted by atomic mass is 19.2. The van der Waals surface area contributed by atoms with Crippen molar-refractivity contribution in [1.82, 2.24) is 4.98 Å². The lowest BCUT2D eigenvalue weighted by Gasteiger charge is -2.14. The van der Waals surface area contributed by atoms with E-state index in [1.807, 2.05) is 0 Å². The van der Waals surface area contributed by atoms with Gasteiger partial charge >= 0.3 is 5.97 Å². The first kappa shape index (κ1) is 16.6. The molecule has 0 unspecified atom stereocenters. The van der Waals surface area contributed by atoms with E-state index in [1.54, 1.807) is 0 Å². The summed E-state index contributed by atoms with van der Waals surface area (Å²) in [5.41, 5.74) is -1.83. The minimum absolute atomic E-state index is 0.304. The smallest absolute Gasteiger partial charge is 0.336 e. The van der Waals surface area contributed by atoms with Crippen molar-refractivity contribution in [2.24, 2.45) is 0 Å². The molecule has 1 N–H and O–H groups in total. The van der Waals surface area contributed by atoms with Crippen LogP contribution in [0.4, 0.5) is 17.6 Å². The van der Waals surface area contributed by atoms with Gasteiger partial charge in [0.25, 0.3) is 0 Å². The van der Waals surface area contributed by atoms with Gasteiger partial charge in [0.2, 0.25) is 0 Å². The summed E-state index contributed by atoms with van der Waals surface area (Å²) in [6, 6.07) is 7.51. The van der Waals surface area contributed by atoms with Crippen molar-refractivity contribution in [2.75, 3.05) is 0 Å². The number of hydrogen-bond acceptors (Lipinski definition) is 2. The molecular formula is C18H9F4NO2. The summed E-state index contributed by atoms with van der Waals surface area (Å²) in [5, 5.41) is 9.37. The van der Waals surface area contributed by atoms with Crippen LogP contribution in [0.25, 0.3) is 22.4 Å². The average Bonchev–Trinajstić information content (AvgIpc) is 2.59. The topological polar surface area (TPSA) is 50.2 Å². The molecule has 0 amide bonds. The van der Waals surface area contributed by atoms with E-state index in [-0.39, 0.29) is 16.8 Å². The SMILES string of the molecule is O=C(O)c1ccnc(-c2cccc(F)c2F)c1-c1cccc(F)c1F. The van der Waals surface area contributed by atoms with Crippen molar-refractivity contribution in [3.8, 4) is 22.4 Å². The number of hydrogen-bond donors (Lipinski definition) is 1. The predicted octanol–water partition coefficient (Wildman–Crippen LogP) is 4.67. The Labute approximate surface area is 139 Å². The molecule has 3 rings (SSSR count). The lowest BCUT2D eigenvalue weighted by Crippen LogP contribution is -2.05. The van der Waals surface area contributed by atoms with Crippen molar-refractivity contribution in [3.05, 3.63) is 77.5 Å². The molecule has 0 aliphatic heterocycles. The first-order valence-electron chi connectivity index (χ1n) is 7.03. The normalized spacial score (nSPS) is 10.7. The fourth-order valence-electron chi connectivity index (χ4n) is 2.50. The molecule has 3 aromatic rings. The van der Waals surface area contributed by atoms with Gasteiger partial charge in [-0.2, -0.15) is 0 Å². The zero-order valence-electron chi connectivity index (χ0n) is 12.4. The van der Waals surface area contributed by atoms with Crippen LogP contribution in [0.3, 0.4) is 0 Å². The third-order valence-electron chi connectivity index (χ3n) is 3.61. The number of rotatable bonds is 3. The Bertz CT molecular complexity index is 989. The second kappa shape index (κ2) is 6.35. The maximum absolute atomic E-state index is 14.2. The Morgan fingerprint density at radius 2 is 1.40 bits per heavy atom. The monoisotopic (exact) mass is 347 g/mol. The molecule has 7 heteroatoms. The summed E-state index contributed by atoms with van der Waals surface area (Å²) in [6.45, 7) is 0. The zero-order chi connectivity index (χ0) is 18.1. The van der Waals surface area contributed by atoms with E-state index in [4.69, 9.17) is 0 Å². The second-order valence-electron chi connectivity index (χ2n) is 5.09. The summed E-state index contributed by atoms with van der Waals surface area (Å²) in [5.74, 6) is -6.40. The molecule has 0 saturated carbocycles. The van der Waals surface area contributed by atoms with Crippen LogP contribution < -0.4 is 0 Å². The highest BCUT2D eigenvalue weighted by molar-refractivity contribution is 6.00. The van der Waals surface area contributed by atoms with Crippen LogP contribution in [-0.2, 0) is 0 Å². The maximum atomic E-state index is 14.2. The number of carbonyl (C=O) groups is 1. The maximum Gasteiger partial charge on any atom is 0.336 e. The Morgan fingerprint density at radius 1 is 0.840 bits per heavy atom. The van der Waals surface area contributed by atoms with Gasteiger partial charge in [0.05, 0.1) is 11.3 Å². The molecule has 0 bridgehead atoms. The van der Waals surface area contributed by atoms with Gasteiger partial charge in [0, 0.05) is 22.9 Å². The van der Waals surface area contributed by atoms with Crippen LogP contribution in [0.5, 0.6) is 0 Å². The van der Waals surface area contributed by atoms with Crippen LogP contribution in [0.2, 0.25) is 0 Å². The van der Waals surface area contributed by atoms with Gasteiger partial charge < -0.3 is 5.11 Å². The number of halogens is 4. The molecule has 0 radical (unpaired) electrons. The molecule has 126 valence electrons. The van der Waals surface area contributed by atoms with Gasteiger partial charge in [0.1, 0.15) is 0 Å². The largest absolute Gasteiger partial charge is 0.478 e. The number of carboxylic acids is 1. The van der Waals surface area contributed by atoms with Crippen molar-refractivity contribution in [1.29, 1.82) is 0 Å². The lowest BCUT2D eigenvalue weighted by molar-refractivity contribution is 0.0697. The van der Waals surface area contributed by atoms with Gasteiger partial charge in [-0.25, -0.2) is 22.4 Å². The molecule has 0 atom stereocenters. The summed E-state index contributed by atoms with van der Waals surface area (Å²) < 4.78 is 55.6. The average molecular weight is 347 g/mol. The third kappa shape index (κ3) is 2.84. The minimum Gasteiger partial charge on any atom is -0.478 e. The quantitative estimate of drug-likeness (QED) is 0.701. The Kier molecular flexibility index (Phi) is 4.22. The molecule has 1 aromatic heterocycles. The molecular weight excluding hydrogens is 338 g/mol. The van der Waals surface area contributed by atoms with Gasteiger partial charge in [-0.1, -0.05) is 18.2 Å². The van der Waals surface area contributed by atoms with E-state index in [1.165, 1.54) is 18.2 Å². The first-order valence-corrected chi connectivity index (χ1v) is 7.03. The summed E-state index contributed by atoms with van der Waals surface area (Å²) in [6.07, 6.45) is 1.07. The zero-order valence-corrected chi connectivity index (χ0v) is 12.4. The van der Waals surface area contributed by atoms with E-state index in [9.17, 15) is 27.5 Å². The second-order valence-corrected chi connectivity index (χ2v) is 5.09. The lowest BCUT2D eigenvalue weighted by atomic mass is 9.94. The van der Waals surface area contributed by atoms with Crippen LogP contribution in [0, 0.1) is 23.3 Å². The Morgan fingerprint density at radius 3 is 2.00 bits per heavy atom. The van der Waals surface area contributed by atoms with Gasteiger partial charge in [-0.05, 0) is 24.3 Å². The number of aromatic carboxylic acids is 1. The van der Waals surface area contributed by atoms with Gasteiger partial charge in [-0.3, -0.25) is 4.98 Å². The van der Waals surface area contributed by atoms with E-state index >= 15 is 0 Å². The third-order valence-corrected chi connectivity index (χ3v) is 3.61. The molecule has 0 spiro atoms. The molecule has 2 aromatic carbocycles. The predicted molar refractivity (Wildman–Crippen MR) is 81.9 cm³/mol. The Balaban J connectivity index is 2.42. The van der Waals surface area contributed by atoms with Crippen molar-refractivity contribution >= 4 is 5.97 Å². The van der Waals surface area contributed by atoms with E-state index in [0.717, 1.165) is 30.5 Å². The van der Waals surface area contributed by atoms with Crippen LogP contribution in [0.1, 0.15) is 10.4 Å². The van der Waals surface area contributed by atoms with Gasteiger partial charge in [-0.15, -0.1) is 0 Å². The standard InChI is InChI=1S/C18H9F4NO2/c19-12-5-1-3-9(15(12)21)14-10(18(24)25)7-8-23-17(14)11-4-2-6-13(20)16(11)22/h1-8H,(H,24,25).